The van der Waals surface area contributed by atoms with Crippen LogP contribution < -0.4 is 9.46 Å². The summed E-state index contributed by atoms with van der Waals surface area (Å²) in [5.74, 6) is -0.156. The van der Waals surface area contributed by atoms with Crippen molar-refractivity contribution in [3.8, 4) is 5.75 Å². The van der Waals surface area contributed by atoms with E-state index in [0.29, 0.717) is 5.56 Å². The zero-order valence-electron chi connectivity index (χ0n) is 12.8. The maximum atomic E-state index is 13.3. The lowest BCUT2D eigenvalue weighted by Gasteiger charge is -2.17. The summed E-state index contributed by atoms with van der Waals surface area (Å²) in [5.41, 5.74) is 0.551. The Bertz CT molecular complexity index is 764. The molecule has 0 saturated heterocycles. The molecule has 5 nitrogen and oxygen atoms in total. The van der Waals surface area contributed by atoms with Gasteiger partial charge in [-0.3, -0.25) is 0 Å². The first-order valence-electron chi connectivity index (χ1n) is 6.89. The highest BCUT2D eigenvalue weighted by atomic mass is 32.2. The fourth-order valence-corrected chi connectivity index (χ4v) is 3.35. The molecule has 0 radical (unpaired) electrons. The van der Waals surface area contributed by atoms with Crippen LogP contribution in [0.1, 0.15) is 11.7 Å². The van der Waals surface area contributed by atoms with Gasteiger partial charge < -0.3 is 9.47 Å². The Morgan fingerprint density at radius 1 is 1.13 bits per heavy atom. The molecule has 0 aliphatic rings. The lowest BCUT2D eigenvalue weighted by atomic mass is 10.1. The van der Waals surface area contributed by atoms with E-state index in [4.69, 9.17) is 9.47 Å². The number of sulfonamides is 1. The summed E-state index contributed by atoms with van der Waals surface area (Å²) in [7, 11) is -0.936. The number of para-hydroxylation sites is 1. The Morgan fingerprint density at radius 3 is 2.52 bits per heavy atom. The Labute approximate surface area is 135 Å². The van der Waals surface area contributed by atoms with Crippen molar-refractivity contribution in [1.82, 2.24) is 4.72 Å². The van der Waals surface area contributed by atoms with Gasteiger partial charge in [-0.15, -0.1) is 0 Å². The van der Waals surface area contributed by atoms with Crippen molar-refractivity contribution in [2.24, 2.45) is 0 Å². The minimum Gasteiger partial charge on any atom is -0.495 e. The normalized spacial score (nSPS) is 12.8. The zero-order valence-corrected chi connectivity index (χ0v) is 13.6. The van der Waals surface area contributed by atoms with Crippen LogP contribution >= 0.6 is 0 Å². The van der Waals surface area contributed by atoms with Crippen molar-refractivity contribution < 1.29 is 22.3 Å². The molecule has 0 unspecified atom stereocenters. The molecule has 0 amide bonds. The second kappa shape index (κ2) is 7.54. The van der Waals surface area contributed by atoms with Crippen LogP contribution in [0.3, 0.4) is 0 Å². The van der Waals surface area contributed by atoms with E-state index in [0.717, 1.165) is 0 Å². The first-order chi connectivity index (χ1) is 11.0. The number of hydrogen-bond donors (Lipinski definition) is 1. The standard InChI is InChI=1S/C16H18FNO4S/c1-21-14-8-3-4-9-16(14)23(19,20)18-11-15(22-2)12-6-5-7-13(17)10-12/h3-10,15,18H,11H2,1-2H3/t15-/m0/s1. The molecule has 0 heterocycles. The van der Waals surface area contributed by atoms with Crippen LogP contribution in [0.25, 0.3) is 0 Å². The van der Waals surface area contributed by atoms with Gasteiger partial charge in [0.1, 0.15) is 16.5 Å². The summed E-state index contributed by atoms with van der Waals surface area (Å²) in [6, 6.07) is 12.2. The van der Waals surface area contributed by atoms with Gasteiger partial charge >= 0.3 is 0 Å². The van der Waals surface area contributed by atoms with Gasteiger partial charge in [-0.2, -0.15) is 0 Å². The number of benzene rings is 2. The average Bonchev–Trinajstić information content (AvgIpc) is 2.55. The van der Waals surface area contributed by atoms with Crippen LogP contribution in [0.15, 0.2) is 53.4 Å². The number of nitrogens with one attached hydrogen (secondary N) is 1. The summed E-state index contributed by atoms with van der Waals surface area (Å²) >= 11 is 0. The van der Waals surface area contributed by atoms with Gasteiger partial charge in [0.15, 0.2) is 0 Å². The Kier molecular flexibility index (Phi) is 5.70. The van der Waals surface area contributed by atoms with Gasteiger partial charge in [0.05, 0.1) is 13.2 Å². The molecule has 23 heavy (non-hydrogen) atoms. The Hall–Kier alpha value is -1.96. The third kappa shape index (κ3) is 4.28. The van der Waals surface area contributed by atoms with Gasteiger partial charge in [-0.1, -0.05) is 24.3 Å². The number of hydrogen-bond acceptors (Lipinski definition) is 4. The highest BCUT2D eigenvalue weighted by Crippen LogP contribution is 2.23. The molecule has 0 saturated carbocycles. The van der Waals surface area contributed by atoms with Crippen molar-refractivity contribution in [2.75, 3.05) is 20.8 Å². The molecular formula is C16H18FNO4S. The van der Waals surface area contributed by atoms with Crippen molar-refractivity contribution in [2.45, 2.75) is 11.0 Å². The monoisotopic (exact) mass is 339 g/mol. The lowest BCUT2D eigenvalue weighted by Crippen LogP contribution is -2.29. The zero-order chi connectivity index (χ0) is 16.9. The predicted molar refractivity (Wildman–Crippen MR) is 84.3 cm³/mol. The fourth-order valence-electron chi connectivity index (χ4n) is 2.15. The van der Waals surface area contributed by atoms with Gasteiger partial charge in [-0.25, -0.2) is 17.5 Å². The van der Waals surface area contributed by atoms with Gasteiger partial charge in [0.25, 0.3) is 0 Å². The molecule has 1 N–H and O–H groups in total. The third-order valence-corrected chi connectivity index (χ3v) is 4.79. The lowest BCUT2D eigenvalue weighted by molar-refractivity contribution is 0.107. The molecule has 2 rings (SSSR count). The van der Waals surface area contributed by atoms with Crippen LogP contribution in [-0.2, 0) is 14.8 Å². The van der Waals surface area contributed by atoms with Gasteiger partial charge in [0.2, 0.25) is 10.0 Å². The van der Waals surface area contributed by atoms with E-state index in [2.05, 4.69) is 4.72 Å². The molecule has 124 valence electrons. The quantitative estimate of drug-likeness (QED) is 0.842. The SMILES string of the molecule is COc1ccccc1S(=O)(=O)NC[C@H](OC)c1cccc(F)c1. The number of methoxy groups -OCH3 is 2. The number of halogens is 1. The van der Waals surface area contributed by atoms with Crippen molar-refractivity contribution in [3.05, 3.63) is 59.9 Å². The maximum absolute atomic E-state index is 13.3. The van der Waals surface area contributed by atoms with Gasteiger partial charge in [0, 0.05) is 13.7 Å². The van der Waals surface area contributed by atoms with E-state index in [-0.39, 0.29) is 17.2 Å². The third-order valence-electron chi connectivity index (χ3n) is 3.32. The first-order valence-corrected chi connectivity index (χ1v) is 8.37. The molecule has 0 fully saturated rings. The van der Waals surface area contributed by atoms with E-state index in [1.165, 1.54) is 32.4 Å². The van der Waals surface area contributed by atoms with Crippen molar-refractivity contribution >= 4 is 10.0 Å². The van der Waals surface area contributed by atoms with Crippen LogP contribution in [-0.4, -0.2) is 29.2 Å². The number of ether oxygens (including phenoxy) is 2. The average molecular weight is 339 g/mol. The second-order valence-electron chi connectivity index (χ2n) is 4.78. The first kappa shape index (κ1) is 17.4. The highest BCUT2D eigenvalue weighted by molar-refractivity contribution is 7.89. The molecule has 1 atom stereocenters. The fraction of sp³-hybridized carbons (Fsp3) is 0.250. The molecule has 0 aromatic heterocycles. The summed E-state index contributed by atoms with van der Waals surface area (Å²) in [4.78, 5) is 0.0385. The van der Waals surface area contributed by atoms with Crippen LogP contribution in [0.2, 0.25) is 0 Å². The van der Waals surface area contributed by atoms with Crippen molar-refractivity contribution in [1.29, 1.82) is 0 Å². The summed E-state index contributed by atoms with van der Waals surface area (Å²) < 4.78 is 50.9. The maximum Gasteiger partial charge on any atom is 0.244 e. The smallest absolute Gasteiger partial charge is 0.244 e. The van der Waals surface area contributed by atoms with Crippen LogP contribution in [0, 0.1) is 5.82 Å². The molecule has 0 spiro atoms. The molecular weight excluding hydrogens is 321 g/mol. The number of rotatable bonds is 7. The van der Waals surface area contributed by atoms with E-state index in [9.17, 15) is 12.8 Å². The minimum atomic E-state index is -3.78. The highest BCUT2D eigenvalue weighted by Gasteiger charge is 2.21. The molecule has 2 aromatic rings. The van der Waals surface area contributed by atoms with E-state index >= 15 is 0 Å². The van der Waals surface area contributed by atoms with Crippen molar-refractivity contribution in [3.63, 3.8) is 0 Å². The molecule has 7 heteroatoms. The summed E-state index contributed by atoms with van der Waals surface area (Å²) in [6.45, 7) is -0.0274. The van der Waals surface area contributed by atoms with Crippen LogP contribution in [0.5, 0.6) is 5.75 Å². The van der Waals surface area contributed by atoms with E-state index in [1.54, 1.807) is 30.3 Å². The topological polar surface area (TPSA) is 64.6 Å². The summed E-state index contributed by atoms with van der Waals surface area (Å²) in [6.07, 6.45) is -0.602. The Morgan fingerprint density at radius 2 is 1.87 bits per heavy atom. The van der Waals surface area contributed by atoms with E-state index in [1.807, 2.05) is 0 Å². The Balaban J connectivity index is 2.17. The predicted octanol–water partition coefficient (Wildman–Crippen LogP) is 2.50. The van der Waals surface area contributed by atoms with Crippen LogP contribution in [0.4, 0.5) is 4.39 Å². The molecule has 0 aliphatic carbocycles. The largest absolute Gasteiger partial charge is 0.495 e. The van der Waals surface area contributed by atoms with E-state index < -0.39 is 21.9 Å². The molecule has 2 aromatic carbocycles. The molecule has 0 bridgehead atoms. The summed E-state index contributed by atoms with van der Waals surface area (Å²) in [5, 5.41) is 0. The van der Waals surface area contributed by atoms with Gasteiger partial charge in [-0.05, 0) is 29.8 Å². The molecule has 0 aliphatic heterocycles. The minimum absolute atomic E-state index is 0.0274. The second-order valence-corrected chi connectivity index (χ2v) is 6.52.